The Morgan fingerprint density at radius 1 is 0.421 bits per heavy atom. The Morgan fingerprint density at radius 2 is 0.763 bits per heavy atom. The monoisotopic (exact) mass is 506 g/mol. The van der Waals surface area contributed by atoms with E-state index in [-0.39, 0.29) is 0 Å². The summed E-state index contributed by atoms with van der Waals surface area (Å²) in [6.45, 7) is 11.6. The number of para-hydroxylation sites is 2. The zero-order chi connectivity index (χ0) is 25.3. The van der Waals surface area contributed by atoms with Crippen molar-refractivity contribution in [3.8, 4) is 0 Å². The first-order valence-corrected chi connectivity index (χ1v) is 15.1. The van der Waals surface area contributed by atoms with Crippen LogP contribution in [0.15, 0.2) is 60.7 Å². The third-order valence-electron chi connectivity index (χ3n) is 9.64. The van der Waals surface area contributed by atoms with Gasteiger partial charge in [-0.25, -0.2) is 0 Å². The van der Waals surface area contributed by atoms with E-state index in [4.69, 9.17) is 0 Å². The molecular formula is C34H42N4. The SMILES string of the molecule is c1ccc(N2CCN(Cc3c4c(c(CN5CCN(c6ccccc6)CC5)c5c3CCC5)CCC4)CC2)cc1. The second-order valence-corrected chi connectivity index (χ2v) is 11.8. The van der Waals surface area contributed by atoms with E-state index in [0.29, 0.717) is 0 Å². The summed E-state index contributed by atoms with van der Waals surface area (Å²) >= 11 is 0. The Labute approximate surface area is 228 Å². The second kappa shape index (κ2) is 10.7. The summed E-state index contributed by atoms with van der Waals surface area (Å²) in [5.41, 5.74) is 13.3. The van der Waals surface area contributed by atoms with Crippen LogP contribution in [0.1, 0.15) is 46.2 Å². The van der Waals surface area contributed by atoms with Crippen molar-refractivity contribution in [2.45, 2.75) is 51.6 Å². The van der Waals surface area contributed by atoms with Gasteiger partial charge in [0.25, 0.3) is 0 Å². The van der Waals surface area contributed by atoms with Gasteiger partial charge in [-0.2, -0.15) is 0 Å². The van der Waals surface area contributed by atoms with Crippen LogP contribution in [-0.2, 0) is 38.8 Å². The van der Waals surface area contributed by atoms with Gasteiger partial charge in [-0.05, 0) is 96.2 Å². The van der Waals surface area contributed by atoms with Crippen LogP contribution in [0.3, 0.4) is 0 Å². The van der Waals surface area contributed by atoms with E-state index in [9.17, 15) is 0 Å². The fourth-order valence-electron chi connectivity index (χ4n) is 7.62. The summed E-state index contributed by atoms with van der Waals surface area (Å²) in [6, 6.07) is 21.9. The van der Waals surface area contributed by atoms with E-state index in [1.807, 2.05) is 0 Å². The van der Waals surface area contributed by atoms with E-state index in [1.165, 1.54) is 89.2 Å². The number of benzene rings is 3. The number of piperazine rings is 2. The fraction of sp³-hybridized carbons (Fsp3) is 0.471. The summed E-state index contributed by atoms with van der Waals surface area (Å²) < 4.78 is 0. The lowest BCUT2D eigenvalue weighted by molar-refractivity contribution is 0.246. The molecule has 0 aromatic heterocycles. The molecule has 2 heterocycles. The smallest absolute Gasteiger partial charge is 0.0367 e. The van der Waals surface area contributed by atoms with Gasteiger partial charge in [-0.15, -0.1) is 0 Å². The summed E-state index contributed by atoms with van der Waals surface area (Å²) in [6.07, 6.45) is 7.91. The lowest BCUT2D eigenvalue weighted by Crippen LogP contribution is -2.46. The highest BCUT2D eigenvalue weighted by Crippen LogP contribution is 2.40. The first-order valence-electron chi connectivity index (χ1n) is 15.1. The van der Waals surface area contributed by atoms with Crippen LogP contribution in [0, 0.1) is 0 Å². The van der Waals surface area contributed by atoms with Crippen LogP contribution in [0.4, 0.5) is 11.4 Å². The summed E-state index contributed by atoms with van der Waals surface area (Å²) in [5, 5.41) is 0. The molecule has 4 aliphatic rings. The molecule has 7 rings (SSSR count). The van der Waals surface area contributed by atoms with Gasteiger partial charge in [0, 0.05) is 76.8 Å². The minimum Gasteiger partial charge on any atom is -0.369 e. The maximum atomic E-state index is 2.74. The lowest BCUT2D eigenvalue weighted by Gasteiger charge is -2.38. The quantitative estimate of drug-likeness (QED) is 0.449. The Kier molecular flexibility index (Phi) is 6.85. The predicted molar refractivity (Wildman–Crippen MR) is 158 cm³/mol. The van der Waals surface area contributed by atoms with Crippen LogP contribution in [0.25, 0.3) is 0 Å². The van der Waals surface area contributed by atoms with Crippen molar-refractivity contribution in [3.05, 3.63) is 94.0 Å². The third-order valence-corrected chi connectivity index (χ3v) is 9.64. The molecule has 2 aliphatic heterocycles. The van der Waals surface area contributed by atoms with Gasteiger partial charge in [0.05, 0.1) is 0 Å². The van der Waals surface area contributed by atoms with Crippen LogP contribution in [0.2, 0.25) is 0 Å². The van der Waals surface area contributed by atoms with Gasteiger partial charge in [0.2, 0.25) is 0 Å². The van der Waals surface area contributed by atoms with Gasteiger partial charge in [-0.3, -0.25) is 9.80 Å². The molecular weight excluding hydrogens is 464 g/mol. The summed E-state index contributed by atoms with van der Waals surface area (Å²) in [4.78, 5) is 10.6. The molecule has 198 valence electrons. The molecule has 2 saturated heterocycles. The Morgan fingerprint density at radius 3 is 1.11 bits per heavy atom. The number of rotatable bonds is 6. The highest BCUT2D eigenvalue weighted by molar-refractivity contribution is 5.56. The molecule has 0 N–H and O–H groups in total. The van der Waals surface area contributed by atoms with Gasteiger partial charge < -0.3 is 9.80 Å². The Balaban J connectivity index is 1.06. The van der Waals surface area contributed by atoms with Crippen LogP contribution < -0.4 is 9.80 Å². The van der Waals surface area contributed by atoms with Gasteiger partial charge in [-0.1, -0.05) is 36.4 Å². The fourth-order valence-corrected chi connectivity index (χ4v) is 7.62. The van der Waals surface area contributed by atoms with Crippen molar-refractivity contribution >= 4 is 11.4 Å². The average molecular weight is 507 g/mol. The van der Waals surface area contributed by atoms with Crippen molar-refractivity contribution in [1.82, 2.24) is 9.80 Å². The van der Waals surface area contributed by atoms with E-state index in [1.54, 1.807) is 33.4 Å². The molecule has 3 aromatic rings. The van der Waals surface area contributed by atoms with Crippen molar-refractivity contribution in [1.29, 1.82) is 0 Å². The zero-order valence-corrected chi connectivity index (χ0v) is 22.9. The van der Waals surface area contributed by atoms with E-state index in [0.717, 1.165) is 26.2 Å². The summed E-state index contributed by atoms with van der Waals surface area (Å²) in [5.74, 6) is 0. The first kappa shape index (κ1) is 24.2. The Bertz CT molecular complexity index is 1110. The molecule has 0 atom stereocenters. The van der Waals surface area contributed by atoms with Crippen molar-refractivity contribution in [2.24, 2.45) is 0 Å². The van der Waals surface area contributed by atoms with E-state index < -0.39 is 0 Å². The minimum atomic E-state index is 1.14. The topological polar surface area (TPSA) is 13.0 Å². The molecule has 0 saturated carbocycles. The number of anilines is 2. The molecule has 3 aromatic carbocycles. The lowest BCUT2D eigenvalue weighted by atomic mass is 9.88. The standard InChI is InChI=1S/C34H42N4/c1-3-9-27(10-4-1)37-21-17-35(18-22-37)25-33-29-13-7-15-31(29)34(32-16-8-14-30(32)33)26-36-19-23-38(24-20-36)28-11-5-2-6-12-28/h1-6,9-12H,7-8,13-26H2. The molecule has 4 nitrogen and oxygen atoms in total. The Hall–Kier alpha value is -2.82. The van der Waals surface area contributed by atoms with Crippen LogP contribution in [0.5, 0.6) is 0 Å². The summed E-state index contributed by atoms with van der Waals surface area (Å²) in [7, 11) is 0. The number of hydrogen-bond donors (Lipinski definition) is 0. The highest BCUT2D eigenvalue weighted by atomic mass is 15.3. The maximum Gasteiger partial charge on any atom is 0.0367 e. The minimum absolute atomic E-state index is 1.14. The number of hydrogen-bond acceptors (Lipinski definition) is 4. The molecule has 0 amide bonds. The van der Waals surface area contributed by atoms with Gasteiger partial charge in [0.1, 0.15) is 0 Å². The molecule has 0 spiro atoms. The molecule has 2 fully saturated rings. The molecule has 38 heavy (non-hydrogen) atoms. The first-order chi connectivity index (χ1) is 18.8. The van der Waals surface area contributed by atoms with E-state index in [2.05, 4.69) is 80.3 Å². The third kappa shape index (κ3) is 4.74. The molecule has 0 radical (unpaired) electrons. The molecule has 2 aliphatic carbocycles. The van der Waals surface area contributed by atoms with E-state index >= 15 is 0 Å². The average Bonchev–Trinajstić information content (AvgIpc) is 3.67. The molecule has 0 unspecified atom stereocenters. The van der Waals surface area contributed by atoms with Crippen molar-refractivity contribution in [2.75, 3.05) is 62.2 Å². The van der Waals surface area contributed by atoms with Crippen molar-refractivity contribution < 1.29 is 0 Å². The normalized spacial score (nSPS) is 20.1. The van der Waals surface area contributed by atoms with Crippen LogP contribution >= 0.6 is 0 Å². The largest absolute Gasteiger partial charge is 0.369 e. The molecule has 0 bridgehead atoms. The van der Waals surface area contributed by atoms with Crippen molar-refractivity contribution in [3.63, 3.8) is 0 Å². The predicted octanol–water partition coefficient (Wildman–Crippen LogP) is 5.31. The highest BCUT2D eigenvalue weighted by Gasteiger charge is 2.31. The molecule has 4 heteroatoms. The number of nitrogens with zero attached hydrogens (tertiary/aromatic N) is 4. The zero-order valence-electron chi connectivity index (χ0n) is 22.9. The van der Waals surface area contributed by atoms with Crippen LogP contribution in [-0.4, -0.2) is 62.2 Å². The van der Waals surface area contributed by atoms with Gasteiger partial charge >= 0.3 is 0 Å². The van der Waals surface area contributed by atoms with Gasteiger partial charge in [0.15, 0.2) is 0 Å². The second-order valence-electron chi connectivity index (χ2n) is 11.8. The number of fused-ring (bicyclic) bond motifs is 2. The maximum absolute atomic E-state index is 2.74.